The Morgan fingerprint density at radius 3 is 1.16 bits per heavy atom. The number of aromatic nitrogens is 4. The highest BCUT2D eigenvalue weighted by Gasteiger charge is 2.24. The summed E-state index contributed by atoms with van der Waals surface area (Å²) in [4.78, 5) is 20.1. The van der Waals surface area contributed by atoms with Crippen LogP contribution < -0.4 is 0 Å². The molecule has 0 N–H and O–H groups in total. The summed E-state index contributed by atoms with van der Waals surface area (Å²) in [5, 5.41) is 3.09. The van der Waals surface area contributed by atoms with Gasteiger partial charge in [-0.05, 0) is 17.2 Å². The van der Waals surface area contributed by atoms with Gasteiger partial charge in [0.15, 0.2) is 17.5 Å². The van der Waals surface area contributed by atoms with E-state index in [9.17, 15) is 0 Å². The Morgan fingerprint density at radius 1 is 0.291 bits per heavy atom. The number of fused-ring (bicyclic) bond motifs is 3. The fraction of sp³-hybridized carbons (Fsp3) is 0. The molecule has 0 aliphatic rings. The van der Waals surface area contributed by atoms with Crippen molar-refractivity contribution in [3.8, 4) is 79.2 Å². The fourth-order valence-electron chi connectivity index (χ4n) is 7.25. The summed E-state index contributed by atoms with van der Waals surface area (Å²) in [6.45, 7) is 0. The van der Waals surface area contributed by atoms with Crippen molar-refractivity contribution in [1.82, 2.24) is 19.9 Å². The molecular formula is C50H32N4O. The van der Waals surface area contributed by atoms with Gasteiger partial charge < -0.3 is 4.42 Å². The smallest absolute Gasteiger partial charge is 0.164 e. The largest absolute Gasteiger partial charge is 0.455 e. The van der Waals surface area contributed by atoms with Gasteiger partial charge in [-0.15, -0.1) is 0 Å². The standard InChI is InChI=1S/C50H32N4O/c1-6-16-34(17-7-1)45-44-43(46(35-18-8-2-9-19-35)55-47(44)36-20-10-3-11-21-36)41-31-30-40(32-42(41)51-45)33-26-28-39(29-27-33)50-53-48(37-22-12-4-13-23-37)52-49(54-50)38-24-14-5-15-25-38/h1-32H. The maximum Gasteiger partial charge on any atom is 0.164 e. The Morgan fingerprint density at radius 2 is 0.673 bits per heavy atom. The minimum absolute atomic E-state index is 0.622. The Hall–Kier alpha value is -7.50. The highest BCUT2D eigenvalue weighted by Crippen LogP contribution is 2.46. The van der Waals surface area contributed by atoms with Crippen LogP contribution in [0.4, 0.5) is 0 Å². The van der Waals surface area contributed by atoms with E-state index in [1.165, 1.54) is 0 Å². The van der Waals surface area contributed by atoms with E-state index in [2.05, 4.69) is 103 Å². The third-order valence-corrected chi connectivity index (χ3v) is 9.94. The van der Waals surface area contributed by atoms with Crippen molar-refractivity contribution >= 4 is 21.7 Å². The van der Waals surface area contributed by atoms with Gasteiger partial charge in [0, 0.05) is 44.2 Å². The first-order chi connectivity index (χ1) is 27.3. The Kier molecular flexibility index (Phi) is 8.08. The van der Waals surface area contributed by atoms with E-state index in [-0.39, 0.29) is 0 Å². The van der Waals surface area contributed by atoms with Crippen LogP contribution in [0.5, 0.6) is 0 Å². The van der Waals surface area contributed by atoms with Gasteiger partial charge in [0.05, 0.1) is 16.6 Å². The van der Waals surface area contributed by atoms with Crippen LogP contribution in [0.15, 0.2) is 199 Å². The normalized spacial score (nSPS) is 11.3. The number of rotatable bonds is 7. The van der Waals surface area contributed by atoms with Gasteiger partial charge in [-0.25, -0.2) is 19.9 Å². The zero-order valence-electron chi connectivity index (χ0n) is 29.7. The minimum Gasteiger partial charge on any atom is -0.455 e. The highest BCUT2D eigenvalue weighted by atomic mass is 16.3. The van der Waals surface area contributed by atoms with Gasteiger partial charge in [0.1, 0.15) is 11.5 Å². The van der Waals surface area contributed by atoms with E-state index in [1.54, 1.807) is 0 Å². The summed E-state index contributed by atoms with van der Waals surface area (Å²) in [5.41, 5.74) is 9.75. The molecule has 3 aromatic heterocycles. The van der Waals surface area contributed by atoms with Gasteiger partial charge in [-0.3, -0.25) is 0 Å². The SMILES string of the molecule is c1ccc(-c2nc(-c3ccccc3)nc(-c3ccc(-c4ccc5c(c4)nc(-c4ccccc4)c4c(-c6ccccc6)oc(-c6ccccc6)c45)cc3)n2)cc1. The van der Waals surface area contributed by atoms with Crippen molar-refractivity contribution in [2.24, 2.45) is 0 Å². The zero-order valence-corrected chi connectivity index (χ0v) is 29.7. The molecule has 258 valence electrons. The third-order valence-electron chi connectivity index (χ3n) is 9.94. The molecule has 0 amide bonds. The number of pyridine rings is 1. The molecule has 55 heavy (non-hydrogen) atoms. The molecule has 7 aromatic carbocycles. The van der Waals surface area contributed by atoms with Crippen molar-refractivity contribution < 1.29 is 4.42 Å². The maximum absolute atomic E-state index is 6.89. The second-order valence-electron chi connectivity index (χ2n) is 13.4. The van der Waals surface area contributed by atoms with Crippen LogP contribution in [-0.4, -0.2) is 19.9 Å². The molecule has 3 heterocycles. The topological polar surface area (TPSA) is 64.7 Å². The molecule has 0 bridgehead atoms. The number of benzene rings is 7. The van der Waals surface area contributed by atoms with Crippen molar-refractivity contribution in [2.45, 2.75) is 0 Å². The molecule has 0 saturated carbocycles. The molecule has 0 radical (unpaired) electrons. The van der Waals surface area contributed by atoms with Crippen molar-refractivity contribution in [2.75, 3.05) is 0 Å². The average molecular weight is 705 g/mol. The van der Waals surface area contributed by atoms with E-state index in [1.807, 2.05) is 91.0 Å². The molecule has 0 aliphatic heterocycles. The molecule has 10 aromatic rings. The van der Waals surface area contributed by atoms with Crippen LogP contribution in [0.3, 0.4) is 0 Å². The van der Waals surface area contributed by atoms with Crippen molar-refractivity contribution in [3.05, 3.63) is 194 Å². The molecule has 5 nitrogen and oxygen atoms in total. The summed E-state index contributed by atoms with van der Waals surface area (Å²) in [7, 11) is 0. The van der Waals surface area contributed by atoms with E-state index in [4.69, 9.17) is 24.4 Å². The lowest BCUT2D eigenvalue weighted by Gasteiger charge is -2.11. The summed E-state index contributed by atoms with van der Waals surface area (Å²) in [5.74, 6) is 3.54. The maximum atomic E-state index is 6.89. The summed E-state index contributed by atoms with van der Waals surface area (Å²) in [6.07, 6.45) is 0. The molecule has 5 heteroatoms. The third kappa shape index (κ3) is 6.04. The minimum atomic E-state index is 0.622. The lowest BCUT2D eigenvalue weighted by molar-refractivity contribution is 0.602. The van der Waals surface area contributed by atoms with Crippen LogP contribution in [0, 0.1) is 0 Å². The van der Waals surface area contributed by atoms with Crippen LogP contribution in [0.25, 0.3) is 101 Å². The van der Waals surface area contributed by atoms with Crippen LogP contribution in [0.1, 0.15) is 0 Å². The van der Waals surface area contributed by atoms with Crippen LogP contribution in [0.2, 0.25) is 0 Å². The fourth-order valence-corrected chi connectivity index (χ4v) is 7.25. The van der Waals surface area contributed by atoms with E-state index < -0.39 is 0 Å². The number of nitrogens with zero attached hydrogens (tertiary/aromatic N) is 4. The van der Waals surface area contributed by atoms with Crippen molar-refractivity contribution in [3.63, 3.8) is 0 Å². The van der Waals surface area contributed by atoms with E-state index in [0.29, 0.717) is 17.5 Å². The molecule has 10 rings (SSSR count). The van der Waals surface area contributed by atoms with E-state index >= 15 is 0 Å². The molecule has 0 unspecified atom stereocenters. The lowest BCUT2D eigenvalue weighted by Crippen LogP contribution is -2.00. The lowest BCUT2D eigenvalue weighted by atomic mass is 9.95. The quantitative estimate of drug-likeness (QED) is 0.165. The Labute approximate surface area is 318 Å². The molecule has 0 saturated heterocycles. The summed E-state index contributed by atoms with van der Waals surface area (Å²) < 4.78 is 6.89. The van der Waals surface area contributed by atoms with Crippen LogP contribution >= 0.6 is 0 Å². The molecule has 0 atom stereocenters. The highest BCUT2D eigenvalue weighted by molar-refractivity contribution is 6.20. The van der Waals surface area contributed by atoms with Gasteiger partial charge in [0.2, 0.25) is 0 Å². The molecule has 0 fully saturated rings. The summed E-state index contributed by atoms with van der Waals surface area (Å²) >= 11 is 0. The zero-order chi connectivity index (χ0) is 36.6. The first-order valence-corrected chi connectivity index (χ1v) is 18.3. The van der Waals surface area contributed by atoms with Crippen molar-refractivity contribution in [1.29, 1.82) is 0 Å². The second kappa shape index (κ2) is 13.8. The van der Waals surface area contributed by atoms with Gasteiger partial charge in [0.25, 0.3) is 0 Å². The van der Waals surface area contributed by atoms with Gasteiger partial charge in [-0.2, -0.15) is 0 Å². The van der Waals surface area contributed by atoms with Crippen LogP contribution in [-0.2, 0) is 0 Å². The first kappa shape index (κ1) is 32.2. The predicted molar refractivity (Wildman–Crippen MR) is 223 cm³/mol. The number of hydrogen-bond donors (Lipinski definition) is 0. The Balaban J connectivity index is 1.12. The van der Waals surface area contributed by atoms with E-state index in [0.717, 1.165) is 83.4 Å². The number of hydrogen-bond acceptors (Lipinski definition) is 5. The molecule has 0 spiro atoms. The monoisotopic (exact) mass is 704 g/mol. The predicted octanol–water partition coefficient (Wildman–Crippen LogP) is 12.8. The molecular weight excluding hydrogens is 673 g/mol. The Bertz CT molecular complexity index is 2870. The summed E-state index contributed by atoms with van der Waals surface area (Å²) in [6, 6.07) is 66.1. The first-order valence-electron chi connectivity index (χ1n) is 18.3. The molecule has 0 aliphatic carbocycles. The van der Waals surface area contributed by atoms with Gasteiger partial charge in [-0.1, -0.05) is 188 Å². The van der Waals surface area contributed by atoms with Gasteiger partial charge >= 0.3 is 0 Å². The average Bonchev–Trinajstić information content (AvgIpc) is 3.68. The second-order valence-corrected chi connectivity index (χ2v) is 13.4. The number of furan rings is 1.